The lowest BCUT2D eigenvalue weighted by Crippen LogP contribution is -2.12. The van der Waals surface area contributed by atoms with Gasteiger partial charge in [0.15, 0.2) is 0 Å². The average Bonchev–Trinajstić information content (AvgIpc) is 2.87. The largest absolute Gasteiger partial charge is 0.417 e. The molecular formula is C26H14Cl2F6N4. The third-order valence-corrected chi connectivity index (χ3v) is 5.71. The van der Waals surface area contributed by atoms with E-state index in [0.717, 1.165) is 12.1 Å². The SMILES string of the molecule is FC(F)(F)c1cnc(C(=NN=C(c2ccccc2)c2ncc(C(F)(F)F)cc2Cl)c2ccccc2)c(Cl)c1. The van der Waals surface area contributed by atoms with Crippen molar-refractivity contribution in [2.75, 3.05) is 0 Å². The van der Waals surface area contributed by atoms with Crippen LogP contribution in [0.15, 0.2) is 95.4 Å². The average molecular weight is 567 g/mol. The van der Waals surface area contributed by atoms with Gasteiger partial charge in [-0.05, 0) is 12.1 Å². The van der Waals surface area contributed by atoms with Crippen LogP contribution < -0.4 is 0 Å². The Morgan fingerprint density at radius 3 is 1.21 bits per heavy atom. The van der Waals surface area contributed by atoms with Gasteiger partial charge in [0, 0.05) is 23.5 Å². The highest BCUT2D eigenvalue weighted by molar-refractivity contribution is 6.36. The zero-order valence-electron chi connectivity index (χ0n) is 18.9. The molecule has 0 unspecified atom stereocenters. The Morgan fingerprint density at radius 1 is 0.579 bits per heavy atom. The number of alkyl halides is 6. The van der Waals surface area contributed by atoms with Gasteiger partial charge in [0.1, 0.15) is 22.8 Å². The van der Waals surface area contributed by atoms with Crippen molar-refractivity contribution >= 4 is 34.6 Å². The van der Waals surface area contributed by atoms with Crippen LogP contribution >= 0.6 is 23.2 Å². The van der Waals surface area contributed by atoms with Gasteiger partial charge in [0.05, 0.1) is 21.2 Å². The zero-order valence-corrected chi connectivity index (χ0v) is 20.4. The molecule has 0 aliphatic rings. The first kappa shape index (κ1) is 27.3. The fourth-order valence-electron chi connectivity index (χ4n) is 3.31. The van der Waals surface area contributed by atoms with Crippen LogP contribution in [0, 0.1) is 0 Å². The van der Waals surface area contributed by atoms with Gasteiger partial charge in [0.25, 0.3) is 0 Å². The number of nitrogens with zero attached hydrogens (tertiary/aromatic N) is 4. The molecule has 4 rings (SSSR count). The van der Waals surface area contributed by atoms with Crippen LogP contribution in [-0.4, -0.2) is 21.4 Å². The quantitative estimate of drug-likeness (QED) is 0.139. The predicted octanol–water partition coefficient (Wildman–Crippen LogP) is 8.11. The minimum Gasteiger partial charge on any atom is -0.252 e. The van der Waals surface area contributed by atoms with E-state index in [0.29, 0.717) is 23.5 Å². The Hall–Kier alpha value is -3.76. The van der Waals surface area contributed by atoms with Crippen molar-refractivity contribution in [3.8, 4) is 0 Å². The van der Waals surface area contributed by atoms with Gasteiger partial charge in [-0.1, -0.05) is 83.9 Å². The first-order valence-corrected chi connectivity index (χ1v) is 11.4. The Kier molecular flexibility index (Phi) is 7.84. The summed E-state index contributed by atoms with van der Waals surface area (Å²) in [6, 6.07) is 18.0. The summed E-state index contributed by atoms with van der Waals surface area (Å²) >= 11 is 12.4. The predicted molar refractivity (Wildman–Crippen MR) is 133 cm³/mol. The van der Waals surface area contributed by atoms with Gasteiger partial charge >= 0.3 is 12.4 Å². The number of pyridine rings is 2. The molecule has 0 N–H and O–H groups in total. The topological polar surface area (TPSA) is 50.5 Å². The number of hydrogen-bond acceptors (Lipinski definition) is 4. The summed E-state index contributed by atoms with van der Waals surface area (Å²) in [4.78, 5) is 7.76. The van der Waals surface area contributed by atoms with Gasteiger partial charge in [-0.15, -0.1) is 10.2 Å². The van der Waals surface area contributed by atoms with E-state index in [1.165, 1.54) is 0 Å². The Morgan fingerprint density at radius 2 is 0.921 bits per heavy atom. The third kappa shape index (κ3) is 6.20. The number of rotatable bonds is 5. The first-order chi connectivity index (χ1) is 17.9. The van der Waals surface area contributed by atoms with Crippen molar-refractivity contribution in [3.63, 3.8) is 0 Å². The second kappa shape index (κ2) is 10.9. The molecule has 4 nitrogen and oxygen atoms in total. The van der Waals surface area contributed by atoms with E-state index < -0.39 is 23.5 Å². The van der Waals surface area contributed by atoms with E-state index in [1.807, 2.05) is 0 Å². The smallest absolute Gasteiger partial charge is 0.252 e. The highest BCUT2D eigenvalue weighted by atomic mass is 35.5. The van der Waals surface area contributed by atoms with E-state index >= 15 is 0 Å². The van der Waals surface area contributed by atoms with Crippen LogP contribution in [0.4, 0.5) is 26.3 Å². The maximum absolute atomic E-state index is 13.2. The number of benzene rings is 2. The van der Waals surface area contributed by atoms with Gasteiger partial charge < -0.3 is 0 Å². The fourth-order valence-corrected chi connectivity index (χ4v) is 3.82. The van der Waals surface area contributed by atoms with Crippen molar-refractivity contribution in [2.45, 2.75) is 12.4 Å². The second-order valence-corrected chi connectivity index (χ2v) is 8.55. The molecule has 2 aromatic heterocycles. The van der Waals surface area contributed by atoms with Gasteiger partial charge in [0.2, 0.25) is 0 Å². The van der Waals surface area contributed by atoms with Crippen molar-refractivity contribution in [3.05, 3.63) is 129 Å². The number of halogens is 8. The van der Waals surface area contributed by atoms with Gasteiger partial charge in [-0.25, -0.2) is 0 Å². The zero-order chi connectivity index (χ0) is 27.5. The molecule has 2 aromatic carbocycles. The lowest BCUT2D eigenvalue weighted by molar-refractivity contribution is -0.138. The molecule has 2 heterocycles. The Labute approximate surface area is 222 Å². The monoisotopic (exact) mass is 566 g/mol. The molecule has 38 heavy (non-hydrogen) atoms. The molecule has 0 fully saturated rings. The van der Waals surface area contributed by atoms with E-state index in [-0.39, 0.29) is 32.9 Å². The number of aromatic nitrogens is 2. The molecule has 0 atom stereocenters. The second-order valence-electron chi connectivity index (χ2n) is 7.73. The minimum atomic E-state index is -4.66. The highest BCUT2D eigenvalue weighted by Crippen LogP contribution is 2.33. The Bertz CT molecular complexity index is 1390. The minimum absolute atomic E-state index is 0.0146. The summed E-state index contributed by atoms with van der Waals surface area (Å²) in [5.41, 5.74) is -1.40. The lowest BCUT2D eigenvalue weighted by atomic mass is 10.1. The van der Waals surface area contributed by atoms with Crippen LogP contribution in [0.25, 0.3) is 0 Å². The van der Waals surface area contributed by atoms with Crippen molar-refractivity contribution in [2.24, 2.45) is 10.2 Å². The molecule has 12 heteroatoms. The molecule has 0 saturated heterocycles. The van der Waals surface area contributed by atoms with E-state index in [4.69, 9.17) is 23.2 Å². The molecule has 194 valence electrons. The summed E-state index contributed by atoms with van der Waals surface area (Å²) in [7, 11) is 0. The standard InChI is InChI=1S/C26H14Cl2F6N4/c27-19-11-17(25(29,30)31)13-35-23(19)21(15-7-3-1-4-8-15)37-38-22(16-9-5-2-6-10-16)24-20(28)12-18(14-36-24)26(32,33)34/h1-14H. The molecule has 4 aromatic rings. The summed E-state index contributed by atoms with van der Waals surface area (Å²) in [5, 5.41) is 7.82. The van der Waals surface area contributed by atoms with E-state index in [2.05, 4.69) is 20.2 Å². The van der Waals surface area contributed by atoms with Crippen LogP contribution in [0.3, 0.4) is 0 Å². The molecule has 0 amide bonds. The van der Waals surface area contributed by atoms with Gasteiger partial charge in [-0.3, -0.25) is 9.97 Å². The summed E-state index contributed by atoms with van der Waals surface area (Å²) in [6.45, 7) is 0. The molecule has 0 spiro atoms. The maximum atomic E-state index is 13.2. The van der Waals surface area contributed by atoms with Crippen LogP contribution in [0.2, 0.25) is 10.0 Å². The normalized spacial score (nSPS) is 13.1. The molecule has 0 aliphatic heterocycles. The molecule has 0 radical (unpaired) electrons. The Balaban J connectivity index is 1.92. The van der Waals surface area contributed by atoms with Crippen molar-refractivity contribution in [1.29, 1.82) is 0 Å². The third-order valence-electron chi connectivity index (χ3n) is 5.13. The summed E-state index contributed by atoms with van der Waals surface area (Å²) in [6.07, 6.45) is -8.09. The van der Waals surface area contributed by atoms with Crippen molar-refractivity contribution in [1.82, 2.24) is 9.97 Å². The summed E-state index contributed by atoms with van der Waals surface area (Å²) in [5.74, 6) is 0. The van der Waals surface area contributed by atoms with Gasteiger partial charge in [-0.2, -0.15) is 26.3 Å². The molecule has 0 saturated carbocycles. The van der Waals surface area contributed by atoms with Crippen LogP contribution in [0.1, 0.15) is 33.6 Å². The molecule has 0 aliphatic carbocycles. The maximum Gasteiger partial charge on any atom is 0.417 e. The first-order valence-electron chi connectivity index (χ1n) is 10.7. The fraction of sp³-hybridized carbons (Fsp3) is 0.0769. The number of hydrogen-bond donors (Lipinski definition) is 0. The molecule has 0 bridgehead atoms. The lowest BCUT2D eigenvalue weighted by Gasteiger charge is -2.12. The van der Waals surface area contributed by atoms with E-state index in [9.17, 15) is 26.3 Å². The molecular weight excluding hydrogens is 553 g/mol. The summed E-state index contributed by atoms with van der Waals surface area (Å²) < 4.78 is 78.9. The van der Waals surface area contributed by atoms with Crippen LogP contribution in [-0.2, 0) is 12.4 Å². The van der Waals surface area contributed by atoms with Crippen LogP contribution in [0.5, 0.6) is 0 Å². The van der Waals surface area contributed by atoms with Crippen molar-refractivity contribution < 1.29 is 26.3 Å². The van der Waals surface area contributed by atoms with E-state index in [1.54, 1.807) is 60.7 Å². The highest BCUT2D eigenvalue weighted by Gasteiger charge is 2.33.